The number of rotatable bonds is 5. The topological polar surface area (TPSA) is 98.5 Å². The molecular weight excluding hydrogens is 392 g/mol. The molecule has 0 fully saturated rings. The first-order chi connectivity index (χ1) is 14.0. The minimum absolute atomic E-state index is 0.0512. The zero-order chi connectivity index (χ0) is 20.4. The van der Waals surface area contributed by atoms with Gasteiger partial charge in [0.25, 0.3) is 11.6 Å². The van der Waals surface area contributed by atoms with E-state index in [4.69, 9.17) is 4.74 Å². The predicted molar refractivity (Wildman–Crippen MR) is 111 cm³/mol. The van der Waals surface area contributed by atoms with E-state index in [1.54, 1.807) is 12.1 Å². The molecule has 0 atom stereocenters. The molecular formula is C21H14N2O5S. The van der Waals surface area contributed by atoms with Gasteiger partial charge in [-0.1, -0.05) is 36.4 Å². The quantitative estimate of drug-likeness (QED) is 0.293. The van der Waals surface area contributed by atoms with Gasteiger partial charge in [0.1, 0.15) is 4.88 Å². The second-order valence-corrected chi connectivity index (χ2v) is 7.32. The van der Waals surface area contributed by atoms with E-state index in [1.165, 1.54) is 18.2 Å². The molecule has 144 valence electrons. The smallest absolute Gasteiger partial charge is 0.348 e. The van der Waals surface area contributed by atoms with E-state index in [0.717, 1.165) is 26.8 Å². The average Bonchev–Trinajstić information content (AvgIpc) is 3.16. The number of nitro groups is 1. The second kappa shape index (κ2) is 7.69. The zero-order valence-corrected chi connectivity index (χ0v) is 15.8. The fourth-order valence-electron chi connectivity index (χ4n) is 2.97. The van der Waals surface area contributed by atoms with E-state index in [9.17, 15) is 19.7 Å². The third-order valence-corrected chi connectivity index (χ3v) is 5.41. The molecule has 8 heteroatoms. The maximum atomic E-state index is 12.3. The van der Waals surface area contributed by atoms with Crippen molar-refractivity contribution in [3.63, 3.8) is 0 Å². The summed E-state index contributed by atoms with van der Waals surface area (Å²) in [4.78, 5) is 35.2. The summed E-state index contributed by atoms with van der Waals surface area (Å²) in [6.45, 7) is -0.434. The van der Waals surface area contributed by atoms with Crippen LogP contribution in [-0.4, -0.2) is 23.4 Å². The van der Waals surface area contributed by atoms with Gasteiger partial charge in [0.2, 0.25) is 0 Å². The molecule has 0 spiro atoms. The molecule has 0 radical (unpaired) electrons. The van der Waals surface area contributed by atoms with Gasteiger partial charge in [0, 0.05) is 33.3 Å². The lowest BCUT2D eigenvalue weighted by Gasteiger charge is -2.09. The Kier molecular flexibility index (Phi) is 4.92. The summed E-state index contributed by atoms with van der Waals surface area (Å²) in [7, 11) is 0. The van der Waals surface area contributed by atoms with Gasteiger partial charge in [-0.3, -0.25) is 14.9 Å². The first-order valence-electron chi connectivity index (χ1n) is 8.64. The number of amides is 1. The van der Waals surface area contributed by atoms with Crippen LogP contribution in [0.4, 0.5) is 11.4 Å². The summed E-state index contributed by atoms with van der Waals surface area (Å²) in [6.07, 6.45) is 0. The van der Waals surface area contributed by atoms with E-state index in [2.05, 4.69) is 5.32 Å². The highest BCUT2D eigenvalue weighted by Crippen LogP contribution is 2.29. The second-order valence-electron chi connectivity index (χ2n) is 6.24. The number of nitrogens with one attached hydrogen (secondary N) is 1. The first kappa shape index (κ1) is 18.6. The molecule has 1 amide bonds. The van der Waals surface area contributed by atoms with E-state index >= 15 is 0 Å². The Labute approximate surface area is 168 Å². The molecule has 0 aliphatic carbocycles. The minimum atomic E-state index is -0.651. The molecule has 0 bridgehead atoms. The summed E-state index contributed by atoms with van der Waals surface area (Å²) >= 11 is 1.15. The molecule has 3 aromatic carbocycles. The largest absolute Gasteiger partial charge is 0.451 e. The van der Waals surface area contributed by atoms with Crippen molar-refractivity contribution >= 4 is 55.4 Å². The standard InChI is InChI=1S/C21H14N2O5S/c24-20(22-17-7-3-5-13-4-1-2-6-16(13)17)12-28-21(25)19-11-14-10-15(23(26)27)8-9-18(14)29-19/h1-11H,12H2,(H,22,24). The van der Waals surface area contributed by atoms with Crippen LogP contribution >= 0.6 is 11.3 Å². The van der Waals surface area contributed by atoms with Gasteiger partial charge in [-0.15, -0.1) is 11.3 Å². The number of nitrogens with zero attached hydrogens (tertiary/aromatic N) is 1. The van der Waals surface area contributed by atoms with Gasteiger partial charge in [-0.25, -0.2) is 4.79 Å². The summed E-state index contributed by atoms with van der Waals surface area (Å²) in [5.74, 6) is -1.10. The van der Waals surface area contributed by atoms with Crippen LogP contribution in [0.3, 0.4) is 0 Å². The predicted octanol–water partition coefficient (Wildman–Crippen LogP) is 4.76. The Bertz CT molecular complexity index is 1260. The van der Waals surface area contributed by atoms with Crippen LogP contribution in [0.1, 0.15) is 9.67 Å². The van der Waals surface area contributed by atoms with Gasteiger partial charge < -0.3 is 10.1 Å². The minimum Gasteiger partial charge on any atom is -0.451 e. The van der Waals surface area contributed by atoms with Crippen molar-refractivity contribution < 1.29 is 19.2 Å². The van der Waals surface area contributed by atoms with Crippen LogP contribution in [0.5, 0.6) is 0 Å². The summed E-state index contributed by atoms with van der Waals surface area (Å²) in [5.41, 5.74) is 0.586. The lowest BCUT2D eigenvalue weighted by atomic mass is 10.1. The first-order valence-corrected chi connectivity index (χ1v) is 9.45. The SMILES string of the molecule is O=C(COC(=O)c1cc2cc([N+](=O)[O-])ccc2s1)Nc1cccc2ccccc12. The van der Waals surface area contributed by atoms with Crippen molar-refractivity contribution in [3.05, 3.63) is 81.7 Å². The molecule has 0 saturated heterocycles. The number of thiophene rings is 1. The van der Waals surface area contributed by atoms with E-state index in [1.807, 2.05) is 36.4 Å². The van der Waals surface area contributed by atoms with Gasteiger partial charge in [0.15, 0.2) is 6.61 Å². The highest BCUT2D eigenvalue weighted by atomic mass is 32.1. The van der Waals surface area contributed by atoms with E-state index in [-0.39, 0.29) is 10.6 Å². The molecule has 4 aromatic rings. The van der Waals surface area contributed by atoms with Gasteiger partial charge >= 0.3 is 5.97 Å². The van der Waals surface area contributed by atoms with Gasteiger partial charge in [0.05, 0.1) is 4.92 Å². The van der Waals surface area contributed by atoms with Crippen LogP contribution < -0.4 is 5.32 Å². The number of ether oxygens (including phenoxy) is 1. The zero-order valence-electron chi connectivity index (χ0n) is 15.0. The molecule has 0 aliphatic heterocycles. The lowest BCUT2D eigenvalue weighted by Crippen LogP contribution is -2.20. The number of hydrogen-bond acceptors (Lipinski definition) is 6. The maximum absolute atomic E-state index is 12.3. The third kappa shape index (κ3) is 3.92. The molecule has 1 N–H and O–H groups in total. The molecule has 1 heterocycles. The number of hydrogen-bond donors (Lipinski definition) is 1. The lowest BCUT2D eigenvalue weighted by molar-refractivity contribution is -0.384. The Hall–Kier alpha value is -3.78. The molecule has 1 aromatic heterocycles. The molecule has 29 heavy (non-hydrogen) atoms. The molecule has 0 unspecified atom stereocenters. The Morgan fingerprint density at radius 2 is 1.79 bits per heavy atom. The summed E-state index contributed by atoms with van der Waals surface area (Å²) < 4.78 is 5.83. The van der Waals surface area contributed by atoms with Crippen molar-refractivity contribution in [2.45, 2.75) is 0 Å². The maximum Gasteiger partial charge on any atom is 0.348 e. The highest BCUT2D eigenvalue weighted by Gasteiger charge is 2.16. The number of nitro benzene ring substituents is 1. The van der Waals surface area contributed by atoms with Crippen molar-refractivity contribution in [1.29, 1.82) is 0 Å². The fourth-order valence-corrected chi connectivity index (χ4v) is 3.90. The Morgan fingerprint density at radius 3 is 2.62 bits per heavy atom. The molecule has 4 rings (SSSR count). The van der Waals surface area contributed by atoms with Crippen LogP contribution in [-0.2, 0) is 9.53 Å². The van der Waals surface area contributed by atoms with E-state index in [0.29, 0.717) is 11.1 Å². The van der Waals surface area contributed by atoms with Crippen LogP contribution in [0.15, 0.2) is 66.7 Å². The van der Waals surface area contributed by atoms with Gasteiger partial charge in [-0.2, -0.15) is 0 Å². The van der Waals surface area contributed by atoms with Crippen LogP contribution in [0.25, 0.3) is 20.9 Å². The van der Waals surface area contributed by atoms with Crippen LogP contribution in [0, 0.1) is 10.1 Å². The van der Waals surface area contributed by atoms with Crippen molar-refractivity contribution in [1.82, 2.24) is 0 Å². The summed E-state index contributed by atoms with van der Waals surface area (Å²) in [6, 6.07) is 19.1. The third-order valence-electron chi connectivity index (χ3n) is 4.31. The van der Waals surface area contributed by atoms with Crippen LogP contribution in [0.2, 0.25) is 0 Å². The summed E-state index contributed by atoms with van der Waals surface area (Å²) in [5, 5.41) is 16.1. The number of esters is 1. The highest BCUT2D eigenvalue weighted by molar-refractivity contribution is 7.20. The van der Waals surface area contributed by atoms with Gasteiger partial charge in [-0.05, 0) is 23.6 Å². The number of carbonyl (C=O) groups is 2. The van der Waals surface area contributed by atoms with Crippen molar-refractivity contribution in [2.75, 3.05) is 11.9 Å². The monoisotopic (exact) mass is 406 g/mol. The average molecular weight is 406 g/mol. The van der Waals surface area contributed by atoms with Crippen molar-refractivity contribution in [3.8, 4) is 0 Å². The van der Waals surface area contributed by atoms with Crippen molar-refractivity contribution in [2.24, 2.45) is 0 Å². The number of benzene rings is 3. The number of anilines is 1. The number of fused-ring (bicyclic) bond motifs is 2. The normalized spacial score (nSPS) is 10.8. The van der Waals surface area contributed by atoms with E-state index < -0.39 is 23.4 Å². The fraction of sp³-hybridized carbons (Fsp3) is 0.0476. The molecule has 0 saturated carbocycles. The Balaban J connectivity index is 1.43. The molecule has 7 nitrogen and oxygen atoms in total. The Morgan fingerprint density at radius 1 is 1.00 bits per heavy atom. The number of non-ortho nitro benzene ring substituents is 1. The number of carbonyl (C=O) groups excluding carboxylic acids is 2. The molecule has 0 aliphatic rings.